The molecule has 1 atom stereocenters. The average Bonchev–Trinajstić information content (AvgIpc) is 3.24. The molecule has 0 radical (unpaired) electrons. The van der Waals surface area contributed by atoms with E-state index in [0.29, 0.717) is 10.6 Å². The van der Waals surface area contributed by atoms with Crippen molar-refractivity contribution >= 4 is 43.0 Å². The summed E-state index contributed by atoms with van der Waals surface area (Å²) < 4.78 is 41.9. The number of hydrogen-bond donors (Lipinski definition) is 1. The molecule has 1 unspecified atom stereocenters. The van der Waals surface area contributed by atoms with Gasteiger partial charge in [-0.1, -0.05) is 29.8 Å². The third-order valence-electron chi connectivity index (χ3n) is 5.63. The van der Waals surface area contributed by atoms with Crippen LogP contribution in [0.4, 0.5) is 10.1 Å². The molecule has 1 aromatic heterocycles. The summed E-state index contributed by atoms with van der Waals surface area (Å²) in [6, 6.07) is 19.7. The highest BCUT2D eigenvalue weighted by Gasteiger charge is 2.24. The summed E-state index contributed by atoms with van der Waals surface area (Å²) >= 11 is 1.34. The Morgan fingerprint density at radius 2 is 1.71 bits per heavy atom. The van der Waals surface area contributed by atoms with Crippen LogP contribution in [0.3, 0.4) is 0 Å². The molecule has 8 heteroatoms. The number of anilines is 1. The van der Waals surface area contributed by atoms with Crippen LogP contribution in [0.1, 0.15) is 40.7 Å². The van der Waals surface area contributed by atoms with Crippen molar-refractivity contribution in [3.8, 4) is 0 Å². The predicted octanol–water partition coefficient (Wildman–Crippen LogP) is 6.06. The van der Waals surface area contributed by atoms with Gasteiger partial charge in [0.15, 0.2) is 0 Å². The second-order valence-electron chi connectivity index (χ2n) is 8.06. The van der Waals surface area contributed by atoms with Crippen LogP contribution >= 0.6 is 11.3 Å². The van der Waals surface area contributed by atoms with Crippen molar-refractivity contribution in [2.75, 3.05) is 10.8 Å². The number of amides is 1. The molecule has 176 valence electrons. The number of benzene rings is 3. The minimum Gasteiger partial charge on any atom is -0.345 e. The number of fused-ring (bicyclic) bond motifs is 1. The third kappa shape index (κ3) is 4.83. The molecule has 0 saturated heterocycles. The van der Waals surface area contributed by atoms with Gasteiger partial charge in [0.2, 0.25) is 0 Å². The monoisotopic (exact) mass is 496 g/mol. The SMILES string of the molecule is CCN(c1ccc2sc(C(=O)NC(C)c3ccc(F)cc3)cc2c1)S(=O)(=O)c1ccc(C)cc1. The lowest BCUT2D eigenvalue weighted by molar-refractivity contribution is 0.0944. The second-order valence-corrected chi connectivity index (χ2v) is 11.0. The van der Waals surface area contributed by atoms with Crippen LogP contribution < -0.4 is 9.62 Å². The van der Waals surface area contributed by atoms with E-state index in [1.54, 1.807) is 61.5 Å². The molecule has 34 heavy (non-hydrogen) atoms. The van der Waals surface area contributed by atoms with E-state index in [-0.39, 0.29) is 29.2 Å². The van der Waals surface area contributed by atoms with Crippen LogP contribution in [0.5, 0.6) is 0 Å². The zero-order valence-corrected chi connectivity index (χ0v) is 20.7. The molecule has 1 heterocycles. The molecular formula is C26H25FN2O3S2. The molecule has 0 aliphatic heterocycles. The maximum atomic E-state index is 13.2. The Labute approximate surface area is 202 Å². The molecule has 1 amide bonds. The number of hydrogen-bond acceptors (Lipinski definition) is 4. The van der Waals surface area contributed by atoms with E-state index in [0.717, 1.165) is 21.2 Å². The number of sulfonamides is 1. The van der Waals surface area contributed by atoms with Gasteiger partial charge in [-0.3, -0.25) is 9.10 Å². The van der Waals surface area contributed by atoms with E-state index in [9.17, 15) is 17.6 Å². The number of nitrogens with one attached hydrogen (secondary N) is 1. The zero-order chi connectivity index (χ0) is 24.5. The van der Waals surface area contributed by atoms with Crippen LogP contribution in [0.15, 0.2) is 77.7 Å². The van der Waals surface area contributed by atoms with Crippen molar-refractivity contribution in [3.05, 3.63) is 94.6 Å². The van der Waals surface area contributed by atoms with Crippen LogP contribution in [-0.2, 0) is 10.0 Å². The summed E-state index contributed by atoms with van der Waals surface area (Å²) in [6.07, 6.45) is 0. The number of carbonyl (C=O) groups is 1. The maximum absolute atomic E-state index is 13.2. The molecule has 0 bridgehead atoms. The lowest BCUT2D eigenvalue weighted by Gasteiger charge is -2.23. The average molecular weight is 497 g/mol. The standard InChI is InChI=1S/C26H25FN2O3S2/c1-4-29(34(31,32)23-12-5-17(2)6-13-23)22-11-14-24-20(15-22)16-25(33-24)26(30)28-18(3)19-7-9-21(27)10-8-19/h5-16,18H,4H2,1-3H3,(H,28,30). The van der Waals surface area contributed by atoms with Gasteiger partial charge in [0.1, 0.15) is 5.82 Å². The quantitative estimate of drug-likeness (QED) is 0.338. The van der Waals surface area contributed by atoms with E-state index < -0.39 is 10.0 Å². The molecule has 0 fully saturated rings. The lowest BCUT2D eigenvalue weighted by Crippen LogP contribution is -2.30. The Balaban J connectivity index is 1.59. The van der Waals surface area contributed by atoms with Crippen LogP contribution in [0, 0.1) is 12.7 Å². The summed E-state index contributed by atoms with van der Waals surface area (Å²) in [6.45, 7) is 5.81. The highest BCUT2D eigenvalue weighted by atomic mass is 32.2. The normalized spacial score (nSPS) is 12.5. The predicted molar refractivity (Wildman–Crippen MR) is 135 cm³/mol. The first-order valence-electron chi connectivity index (χ1n) is 10.9. The Bertz CT molecular complexity index is 1430. The van der Waals surface area contributed by atoms with Gasteiger partial charge in [0, 0.05) is 11.2 Å². The van der Waals surface area contributed by atoms with Gasteiger partial charge >= 0.3 is 0 Å². The largest absolute Gasteiger partial charge is 0.345 e. The number of nitrogens with zero attached hydrogens (tertiary/aromatic N) is 1. The fourth-order valence-corrected chi connectivity index (χ4v) is 6.14. The van der Waals surface area contributed by atoms with Crippen molar-refractivity contribution in [2.24, 2.45) is 0 Å². The molecule has 3 aromatic carbocycles. The van der Waals surface area contributed by atoms with E-state index in [1.807, 2.05) is 19.9 Å². The van der Waals surface area contributed by atoms with E-state index in [4.69, 9.17) is 0 Å². The Morgan fingerprint density at radius 3 is 2.35 bits per heavy atom. The number of aryl methyl sites for hydroxylation is 1. The Morgan fingerprint density at radius 1 is 1.03 bits per heavy atom. The van der Waals surface area contributed by atoms with Gasteiger partial charge in [-0.2, -0.15) is 0 Å². The number of halogens is 1. The summed E-state index contributed by atoms with van der Waals surface area (Å²) in [4.78, 5) is 13.6. The van der Waals surface area contributed by atoms with Crippen molar-refractivity contribution in [3.63, 3.8) is 0 Å². The minimum absolute atomic E-state index is 0.236. The summed E-state index contributed by atoms with van der Waals surface area (Å²) in [7, 11) is -3.72. The lowest BCUT2D eigenvalue weighted by atomic mass is 10.1. The highest BCUT2D eigenvalue weighted by molar-refractivity contribution is 7.92. The van der Waals surface area contributed by atoms with Gasteiger partial charge in [0.05, 0.1) is 21.5 Å². The fourth-order valence-electron chi connectivity index (χ4n) is 3.73. The highest BCUT2D eigenvalue weighted by Crippen LogP contribution is 2.32. The molecule has 4 aromatic rings. The number of thiophene rings is 1. The fraction of sp³-hybridized carbons (Fsp3) is 0.192. The van der Waals surface area contributed by atoms with Crippen molar-refractivity contribution in [1.82, 2.24) is 5.32 Å². The van der Waals surface area contributed by atoms with Gasteiger partial charge < -0.3 is 5.32 Å². The maximum Gasteiger partial charge on any atom is 0.264 e. The Kier molecular flexibility index (Phi) is 6.72. The zero-order valence-electron chi connectivity index (χ0n) is 19.1. The molecule has 0 saturated carbocycles. The third-order valence-corrected chi connectivity index (χ3v) is 8.66. The summed E-state index contributed by atoms with van der Waals surface area (Å²) in [5, 5.41) is 3.73. The smallest absolute Gasteiger partial charge is 0.264 e. The van der Waals surface area contributed by atoms with E-state index in [1.165, 1.54) is 27.8 Å². The number of carbonyl (C=O) groups excluding carboxylic acids is 1. The molecule has 0 spiro atoms. The van der Waals surface area contributed by atoms with Crippen LogP contribution in [0.25, 0.3) is 10.1 Å². The van der Waals surface area contributed by atoms with Gasteiger partial charge in [-0.25, -0.2) is 12.8 Å². The second kappa shape index (κ2) is 9.56. The molecule has 4 rings (SSSR count). The molecule has 1 N–H and O–H groups in total. The summed E-state index contributed by atoms with van der Waals surface area (Å²) in [5.74, 6) is -0.563. The van der Waals surface area contributed by atoms with Crippen LogP contribution in [-0.4, -0.2) is 20.9 Å². The molecular weight excluding hydrogens is 471 g/mol. The Hall–Kier alpha value is -3.23. The topological polar surface area (TPSA) is 66.5 Å². The van der Waals surface area contributed by atoms with Crippen molar-refractivity contribution in [2.45, 2.75) is 31.7 Å². The molecule has 0 aliphatic rings. The van der Waals surface area contributed by atoms with E-state index >= 15 is 0 Å². The number of rotatable bonds is 7. The van der Waals surface area contributed by atoms with E-state index in [2.05, 4.69) is 5.32 Å². The van der Waals surface area contributed by atoms with Crippen LogP contribution in [0.2, 0.25) is 0 Å². The summed E-state index contributed by atoms with van der Waals surface area (Å²) in [5.41, 5.74) is 2.33. The minimum atomic E-state index is -3.72. The molecule has 5 nitrogen and oxygen atoms in total. The van der Waals surface area contributed by atoms with Gasteiger partial charge in [0.25, 0.3) is 15.9 Å². The first-order valence-corrected chi connectivity index (χ1v) is 13.1. The van der Waals surface area contributed by atoms with Gasteiger partial charge in [-0.05, 0) is 80.3 Å². The molecule has 0 aliphatic carbocycles. The van der Waals surface area contributed by atoms with Gasteiger partial charge in [-0.15, -0.1) is 11.3 Å². The first kappa shape index (κ1) is 23.9. The van der Waals surface area contributed by atoms with Crippen molar-refractivity contribution in [1.29, 1.82) is 0 Å². The first-order chi connectivity index (χ1) is 16.2. The van der Waals surface area contributed by atoms with Crippen molar-refractivity contribution < 1.29 is 17.6 Å².